The molecule has 4 heteroatoms. The summed E-state index contributed by atoms with van der Waals surface area (Å²) >= 11 is 1.92. The zero-order valence-corrected chi connectivity index (χ0v) is 10.9. The lowest BCUT2D eigenvalue weighted by atomic mass is 9.86. The summed E-state index contributed by atoms with van der Waals surface area (Å²) in [4.78, 5) is 14.0. The molecule has 1 rings (SSSR count). The topological polar surface area (TPSA) is 46.3 Å². The Balaban J connectivity index is 2.60. The first kappa shape index (κ1) is 12.8. The lowest BCUT2D eigenvalue weighted by Gasteiger charge is -2.36. The summed E-state index contributed by atoms with van der Waals surface area (Å²) in [7, 11) is 0. The Morgan fingerprint density at radius 3 is 2.60 bits per heavy atom. The molecule has 0 bridgehead atoms. The van der Waals surface area contributed by atoms with Crippen LogP contribution in [-0.4, -0.2) is 40.9 Å². The zero-order chi connectivity index (χ0) is 11.6. The minimum atomic E-state index is -0.382. The molecular weight excluding hydrogens is 208 g/mol. The molecule has 0 aromatic carbocycles. The van der Waals surface area contributed by atoms with Crippen LogP contribution in [0.2, 0.25) is 0 Å². The lowest BCUT2D eigenvalue weighted by Crippen LogP contribution is -2.53. The number of carbonyl (C=O) groups is 1. The molecule has 1 heterocycles. The Morgan fingerprint density at radius 2 is 2.13 bits per heavy atom. The van der Waals surface area contributed by atoms with E-state index < -0.39 is 0 Å². The van der Waals surface area contributed by atoms with Crippen molar-refractivity contribution in [1.82, 2.24) is 4.90 Å². The van der Waals surface area contributed by atoms with Crippen molar-refractivity contribution < 1.29 is 4.79 Å². The molecule has 0 saturated carbocycles. The number of carbonyl (C=O) groups excluding carboxylic acids is 1. The molecule has 1 amide bonds. The first-order valence-corrected chi connectivity index (χ1v) is 6.53. The predicted molar refractivity (Wildman–Crippen MR) is 65.9 cm³/mol. The highest BCUT2D eigenvalue weighted by molar-refractivity contribution is 7.99. The van der Waals surface area contributed by atoms with Gasteiger partial charge in [0.2, 0.25) is 5.91 Å². The normalized spacial score (nSPS) is 25.1. The van der Waals surface area contributed by atoms with E-state index >= 15 is 0 Å². The van der Waals surface area contributed by atoms with Gasteiger partial charge >= 0.3 is 0 Å². The van der Waals surface area contributed by atoms with Crippen molar-refractivity contribution >= 4 is 17.7 Å². The Bertz CT molecular complexity index is 237. The van der Waals surface area contributed by atoms with Crippen LogP contribution in [-0.2, 0) is 4.79 Å². The first-order valence-electron chi connectivity index (χ1n) is 5.48. The van der Waals surface area contributed by atoms with Gasteiger partial charge in [-0.05, 0) is 5.41 Å². The monoisotopic (exact) mass is 230 g/mol. The van der Waals surface area contributed by atoms with Crippen molar-refractivity contribution in [1.29, 1.82) is 0 Å². The van der Waals surface area contributed by atoms with Gasteiger partial charge in [-0.3, -0.25) is 4.79 Å². The van der Waals surface area contributed by atoms with Crippen LogP contribution in [0.15, 0.2) is 0 Å². The van der Waals surface area contributed by atoms with E-state index in [1.807, 2.05) is 37.4 Å². The van der Waals surface area contributed by atoms with Crippen molar-refractivity contribution in [3.63, 3.8) is 0 Å². The van der Waals surface area contributed by atoms with Gasteiger partial charge in [0.15, 0.2) is 0 Å². The van der Waals surface area contributed by atoms with Crippen molar-refractivity contribution in [2.24, 2.45) is 11.1 Å². The number of nitrogens with zero attached hydrogens (tertiary/aromatic N) is 1. The number of thioether (sulfide) groups is 1. The third-order valence-corrected chi connectivity index (χ3v) is 3.89. The average Bonchev–Trinajstić information content (AvgIpc) is 2.14. The number of hydrogen-bond acceptors (Lipinski definition) is 3. The van der Waals surface area contributed by atoms with E-state index in [4.69, 9.17) is 5.73 Å². The molecule has 2 atom stereocenters. The van der Waals surface area contributed by atoms with E-state index in [9.17, 15) is 4.79 Å². The highest BCUT2D eigenvalue weighted by atomic mass is 32.2. The van der Waals surface area contributed by atoms with Crippen molar-refractivity contribution in [3.05, 3.63) is 0 Å². The molecule has 88 valence electrons. The van der Waals surface area contributed by atoms with Crippen LogP contribution in [0.25, 0.3) is 0 Å². The standard InChI is InChI=1S/C11H22N2OS/c1-8-7-13(5-6-15-8)10(14)9(12)11(2,3)4/h8-9H,5-7,12H2,1-4H3/t8?,9-/m0/s1. The molecule has 0 spiro atoms. The van der Waals surface area contributed by atoms with E-state index in [0.29, 0.717) is 5.25 Å². The molecule has 1 aliphatic heterocycles. The molecule has 1 fully saturated rings. The fraction of sp³-hybridized carbons (Fsp3) is 0.909. The summed E-state index contributed by atoms with van der Waals surface area (Å²) < 4.78 is 0. The van der Waals surface area contributed by atoms with E-state index in [1.165, 1.54) is 0 Å². The minimum Gasteiger partial charge on any atom is -0.339 e. The van der Waals surface area contributed by atoms with Gasteiger partial charge in [-0.25, -0.2) is 0 Å². The maximum Gasteiger partial charge on any atom is 0.240 e. The molecule has 1 aliphatic rings. The minimum absolute atomic E-state index is 0.106. The van der Waals surface area contributed by atoms with Crippen LogP contribution in [0.1, 0.15) is 27.7 Å². The quantitative estimate of drug-likeness (QED) is 0.739. The van der Waals surface area contributed by atoms with Crippen LogP contribution in [0, 0.1) is 5.41 Å². The molecular formula is C11H22N2OS. The van der Waals surface area contributed by atoms with Crippen LogP contribution < -0.4 is 5.73 Å². The summed E-state index contributed by atoms with van der Waals surface area (Å²) in [6.45, 7) is 9.88. The molecule has 0 aliphatic carbocycles. The highest BCUT2D eigenvalue weighted by Gasteiger charge is 2.32. The Labute approximate surface area is 96.8 Å². The molecule has 1 saturated heterocycles. The van der Waals surface area contributed by atoms with Crippen molar-refractivity contribution in [2.45, 2.75) is 39.0 Å². The lowest BCUT2D eigenvalue weighted by molar-refractivity contribution is -0.134. The van der Waals surface area contributed by atoms with Gasteiger partial charge in [0.1, 0.15) is 0 Å². The van der Waals surface area contributed by atoms with Crippen molar-refractivity contribution in [3.8, 4) is 0 Å². The van der Waals surface area contributed by atoms with Gasteiger partial charge in [0, 0.05) is 24.1 Å². The number of nitrogens with two attached hydrogens (primary N) is 1. The molecule has 15 heavy (non-hydrogen) atoms. The van der Waals surface area contributed by atoms with E-state index in [1.54, 1.807) is 0 Å². The highest BCUT2D eigenvalue weighted by Crippen LogP contribution is 2.23. The van der Waals surface area contributed by atoms with Gasteiger partial charge in [0.05, 0.1) is 6.04 Å². The van der Waals surface area contributed by atoms with Crippen LogP contribution in [0.5, 0.6) is 0 Å². The third-order valence-electron chi connectivity index (χ3n) is 2.75. The molecule has 2 N–H and O–H groups in total. The van der Waals surface area contributed by atoms with Crippen LogP contribution in [0.3, 0.4) is 0 Å². The SMILES string of the molecule is CC1CN(C(=O)[C@H](N)C(C)(C)C)CCS1. The predicted octanol–water partition coefficient (Wildman–Crippen LogP) is 1.32. The molecule has 3 nitrogen and oxygen atoms in total. The fourth-order valence-corrected chi connectivity index (χ4v) is 2.60. The number of hydrogen-bond donors (Lipinski definition) is 1. The first-order chi connectivity index (χ1) is 6.82. The summed E-state index contributed by atoms with van der Waals surface area (Å²) in [5.41, 5.74) is 5.82. The van der Waals surface area contributed by atoms with Crippen LogP contribution >= 0.6 is 11.8 Å². The van der Waals surface area contributed by atoms with Gasteiger partial charge in [-0.1, -0.05) is 27.7 Å². The summed E-state index contributed by atoms with van der Waals surface area (Å²) in [6.07, 6.45) is 0. The molecule has 0 aromatic rings. The maximum absolute atomic E-state index is 12.1. The number of rotatable bonds is 1. The summed E-state index contributed by atoms with van der Waals surface area (Å²) in [5, 5.41) is 0.537. The Kier molecular flexibility index (Phi) is 4.06. The largest absolute Gasteiger partial charge is 0.339 e. The molecule has 0 radical (unpaired) electrons. The van der Waals surface area contributed by atoms with Gasteiger partial charge < -0.3 is 10.6 Å². The third kappa shape index (κ3) is 3.38. The second-order valence-electron chi connectivity index (χ2n) is 5.31. The van der Waals surface area contributed by atoms with E-state index in [2.05, 4.69) is 6.92 Å². The second kappa shape index (κ2) is 4.74. The van der Waals surface area contributed by atoms with Crippen LogP contribution in [0.4, 0.5) is 0 Å². The maximum atomic E-state index is 12.1. The fourth-order valence-electron chi connectivity index (χ4n) is 1.59. The Morgan fingerprint density at radius 1 is 1.53 bits per heavy atom. The summed E-state index contributed by atoms with van der Waals surface area (Å²) in [5.74, 6) is 1.14. The van der Waals surface area contributed by atoms with Gasteiger partial charge in [0.25, 0.3) is 0 Å². The molecule has 0 aromatic heterocycles. The zero-order valence-electron chi connectivity index (χ0n) is 10.1. The van der Waals surface area contributed by atoms with E-state index in [0.717, 1.165) is 18.8 Å². The van der Waals surface area contributed by atoms with E-state index in [-0.39, 0.29) is 17.4 Å². The van der Waals surface area contributed by atoms with Crippen molar-refractivity contribution in [2.75, 3.05) is 18.8 Å². The summed E-state index contributed by atoms with van der Waals surface area (Å²) in [6, 6.07) is -0.382. The number of amides is 1. The van der Waals surface area contributed by atoms with Gasteiger partial charge in [-0.15, -0.1) is 0 Å². The smallest absolute Gasteiger partial charge is 0.240 e. The Hall–Kier alpha value is -0.220. The average molecular weight is 230 g/mol. The second-order valence-corrected chi connectivity index (χ2v) is 6.86. The van der Waals surface area contributed by atoms with Gasteiger partial charge in [-0.2, -0.15) is 11.8 Å². The molecule has 1 unspecified atom stereocenters.